The fourth-order valence-corrected chi connectivity index (χ4v) is 5.71. The van der Waals surface area contributed by atoms with E-state index in [9.17, 15) is 40.7 Å². The summed E-state index contributed by atoms with van der Waals surface area (Å²) in [6.07, 6.45) is -7.52. The Hall–Kier alpha value is -2.01. The van der Waals surface area contributed by atoms with Crippen molar-refractivity contribution in [3.8, 4) is 0 Å². The van der Waals surface area contributed by atoms with E-state index in [1.54, 1.807) is 0 Å². The van der Waals surface area contributed by atoms with Gasteiger partial charge in [-0.1, -0.05) is 48.5 Å². The minimum Gasteiger partial charge on any atom is -0.462 e. The van der Waals surface area contributed by atoms with E-state index in [1.807, 2.05) is 20.8 Å². The van der Waals surface area contributed by atoms with E-state index in [2.05, 4.69) is 30.2 Å². The molecule has 3 atom stereocenters. The molecule has 0 N–H and O–H groups in total. The van der Waals surface area contributed by atoms with E-state index in [-0.39, 0.29) is 23.9 Å². The van der Waals surface area contributed by atoms with Crippen LogP contribution in [0.2, 0.25) is 0 Å². The van der Waals surface area contributed by atoms with Crippen LogP contribution >= 0.6 is 0 Å². The molecule has 0 heterocycles. The highest BCUT2D eigenvalue weighted by molar-refractivity contribution is 5.77. The molecule has 2 fully saturated rings. The van der Waals surface area contributed by atoms with Crippen LogP contribution in [0, 0.1) is 33.5 Å². The number of fused-ring (bicyclic) bond motifs is 2. The predicted molar refractivity (Wildman–Crippen MR) is 153 cm³/mol. The van der Waals surface area contributed by atoms with Gasteiger partial charge in [-0.2, -0.15) is 26.3 Å². The molecule has 0 saturated heterocycles. The first-order valence-electron chi connectivity index (χ1n) is 15.2. The Labute approximate surface area is 258 Å². The summed E-state index contributed by atoms with van der Waals surface area (Å²) >= 11 is 0. The number of hydrogen-bond acceptors (Lipinski definition) is 6. The first-order valence-corrected chi connectivity index (χ1v) is 15.2. The number of alkyl halides is 6. The van der Waals surface area contributed by atoms with E-state index >= 15 is 0 Å². The molecule has 0 amide bonds. The van der Waals surface area contributed by atoms with Crippen LogP contribution in [0.3, 0.4) is 0 Å². The summed E-state index contributed by atoms with van der Waals surface area (Å²) in [5, 5.41) is 0. The molecular weight excluding hydrogens is 594 g/mol. The monoisotopic (exact) mass is 646 g/mol. The van der Waals surface area contributed by atoms with E-state index in [4.69, 9.17) is 4.74 Å². The highest BCUT2D eigenvalue weighted by Crippen LogP contribution is 2.66. The lowest BCUT2D eigenvalue weighted by Crippen LogP contribution is -2.72. The Morgan fingerprint density at radius 3 is 1.52 bits per heavy atom. The third kappa shape index (κ3) is 7.34. The number of esters is 3. The zero-order chi connectivity index (χ0) is 35.1. The molecule has 0 spiro atoms. The molecule has 0 aliphatic heterocycles. The van der Waals surface area contributed by atoms with Crippen molar-refractivity contribution in [3.63, 3.8) is 0 Å². The van der Waals surface area contributed by atoms with Crippen LogP contribution in [0.25, 0.3) is 0 Å². The maximum Gasteiger partial charge on any atom is 0.441 e. The molecule has 44 heavy (non-hydrogen) atoms. The van der Waals surface area contributed by atoms with Crippen LogP contribution in [-0.2, 0) is 28.6 Å². The molecule has 0 aromatic rings. The maximum absolute atomic E-state index is 13.6. The van der Waals surface area contributed by atoms with Crippen molar-refractivity contribution in [2.45, 2.75) is 152 Å². The SMILES string of the molecule is CCC(C)(C)C(=O)OC(C)(C)C(OC(=O)C(C)C)(C(F)(F)F)C(F)(F)F.CCC(C)(C)C(=O)OC1CC2(C)CCC1C2(C)C. The second kappa shape index (κ2) is 12.6. The number of carbonyl (C=O) groups is 3. The van der Waals surface area contributed by atoms with Crippen LogP contribution in [0.1, 0.15) is 122 Å². The second-order valence-corrected chi connectivity index (χ2v) is 15.2. The first kappa shape index (κ1) is 40.0. The summed E-state index contributed by atoms with van der Waals surface area (Å²) < 4.78 is 96.3. The lowest BCUT2D eigenvalue weighted by Gasteiger charge is -2.46. The topological polar surface area (TPSA) is 78.9 Å². The van der Waals surface area contributed by atoms with Gasteiger partial charge in [-0.05, 0) is 84.5 Å². The Kier molecular flexibility index (Phi) is 11.5. The van der Waals surface area contributed by atoms with Gasteiger partial charge in [0, 0.05) is 5.92 Å². The predicted octanol–water partition coefficient (Wildman–Crippen LogP) is 8.99. The van der Waals surface area contributed by atoms with Crippen molar-refractivity contribution in [3.05, 3.63) is 0 Å². The molecule has 2 bridgehead atoms. The standard InChI is InChI=1S/C16H24F6O4.C16H28O2/c1-8-12(4,5)11(24)26-13(6,7)14(15(17,18)19,16(20,21)22)25-10(23)9(2)3;1-7-14(2,3)13(17)18-12-10-16(6)9-8-11(12)15(16,4)5/h9H,8H2,1-7H3;11-12H,7-10H2,1-6H3. The Balaban J connectivity index is 0.000000466. The number of halogens is 6. The zero-order valence-corrected chi connectivity index (χ0v) is 28.5. The normalized spacial score (nSPS) is 24.0. The molecule has 2 aliphatic rings. The third-order valence-corrected chi connectivity index (χ3v) is 10.4. The summed E-state index contributed by atoms with van der Waals surface area (Å²) in [5.74, 6) is -3.72. The van der Waals surface area contributed by atoms with Gasteiger partial charge in [0.2, 0.25) is 0 Å². The average Bonchev–Trinajstić information content (AvgIpc) is 3.18. The molecule has 0 aromatic heterocycles. The zero-order valence-electron chi connectivity index (χ0n) is 28.5. The summed E-state index contributed by atoms with van der Waals surface area (Å²) in [6.45, 7) is 20.2. The highest BCUT2D eigenvalue weighted by atomic mass is 19.4. The molecule has 2 aliphatic carbocycles. The summed E-state index contributed by atoms with van der Waals surface area (Å²) in [5.41, 5.74) is -9.28. The molecule has 2 saturated carbocycles. The van der Waals surface area contributed by atoms with Gasteiger partial charge < -0.3 is 14.2 Å². The minimum absolute atomic E-state index is 0.0121. The fourth-order valence-electron chi connectivity index (χ4n) is 5.71. The average molecular weight is 647 g/mol. The van der Waals surface area contributed by atoms with Crippen LogP contribution in [0.15, 0.2) is 0 Å². The Bertz CT molecular complexity index is 1040. The molecule has 0 aromatic carbocycles. The number of rotatable bonds is 9. The molecule has 12 heteroatoms. The fraction of sp³-hybridized carbons (Fsp3) is 0.906. The van der Waals surface area contributed by atoms with Gasteiger partial charge in [-0.25, -0.2) is 0 Å². The van der Waals surface area contributed by atoms with E-state index in [1.165, 1.54) is 33.6 Å². The first-order chi connectivity index (χ1) is 19.4. The molecule has 2 rings (SSSR count). The van der Waals surface area contributed by atoms with Crippen LogP contribution < -0.4 is 0 Å². The van der Waals surface area contributed by atoms with E-state index in [0.29, 0.717) is 30.6 Å². The largest absolute Gasteiger partial charge is 0.462 e. The van der Waals surface area contributed by atoms with Crippen molar-refractivity contribution in [1.82, 2.24) is 0 Å². The lowest BCUT2D eigenvalue weighted by molar-refractivity contribution is -0.408. The van der Waals surface area contributed by atoms with Gasteiger partial charge >= 0.3 is 35.9 Å². The minimum atomic E-state index is -6.09. The van der Waals surface area contributed by atoms with Crippen LogP contribution in [-0.4, -0.2) is 47.6 Å². The Morgan fingerprint density at radius 2 is 1.20 bits per heavy atom. The lowest BCUT2D eigenvalue weighted by atomic mass is 9.71. The van der Waals surface area contributed by atoms with Crippen LogP contribution in [0.5, 0.6) is 0 Å². The van der Waals surface area contributed by atoms with Gasteiger partial charge in [0.1, 0.15) is 6.10 Å². The van der Waals surface area contributed by atoms with E-state index in [0.717, 1.165) is 26.7 Å². The smallest absolute Gasteiger partial charge is 0.441 e. The van der Waals surface area contributed by atoms with Gasteiger partial charge in [-0.3, -0.25) is 14.4 Å². The second-order valence-electron chi connectivity index (χ2n) is 15.2. The summed E-state index contributed by atoms with van der Waals surface area (Å²) in [7, 11) is 0. The molecule has 258 valence electrons. The Morgan fingerprint density at radius 1 is 0.773 bits per heavy atom. The molecular formula is C32H52F6O6. The number of carbonyl (C=O) groups excluding carboxylic acids is 3. The van der Waals surface area contributed by atoms with Crippen molar-refractivity contribution < 1.29 is 54.9 Å². The highest BCUT2D eigenvalue weighted by Gasteiger charge is 2.82. The van der Waals surface area contributed by atoms with Gasteiger partial charge in [-0.15, -0.1) is 0 Å². The van der Waals surface area contributed by atoms with Gasteiger partial charge in [0.15, 0.2) is 5.60 Å². The van der Waals surface area contributed by atoms with Crippen molar-refractivity contribution >= 4 is 17.9 Å². The van der Waals surface area contributed by atoms with E-state index < -0.39 is 46.8 Å². The molecule has 6 nitrogen and oxygen atoms in total. The number of ether oxygens (including phenoxy) is 3. The number of hydrogen-bond donors (Lipinski definition) is 0. The van der Waals surface area contributed by atoms with Gasteiger partial charge in [0.25, 0.3) is 0 Å². The van der Waals surface area contributed by atoms with Gasteiger partial charge in [0.05, 0.1) is 16.7 Å². The summed E-state index contributed by atoms with van der Waals surface area (Å²) in [4.78, 5) is 36.0. The third-order valence-electron chi connectivity index (χ3n) is 10.4. The molecule has 0 radical (unpaired) electrons. The maximum atomic E-state index is 13.6. The van der Waals surface area contributed by atoms with Crippen molar-refractivity contribution in [2.75, 3.05) is 0 Å². The molecule has 3 unspecified atom stereocenters. The summed E-state index contributed by atoms with van der Waals surface area (Å²) in [6, 6.07) is 0. The quantitative estimate of drug-likeness (QED) is 0.141. The van der Waals surface area contributed by atoms with Crippen molar-refractivity contribution in [1.29, 1.82) is 0 Å². The van der Waals surface area contributed by atoms with Crippen molar-refractivity contribution in [2.24, 2.45) is 33.5 Å². The van der Waals surface area contributed by atoms with Crippen LogP contribution in [0.4, 0.5) is 26.3 Å².